The van der Waals surface area contributed by atoms with Crippen LogP contribution in [0, 0.1) is 5.82 Å². The molecule has 1 atom stereocenters. The molecule has 0 fully saturated rings. The van der Waals surface area contributed by atoms with Crippen LogP contribution < -0.4 is 24.4 Å². The molecule has 0 saturated carbocycles. The molecule has 1 aliphatic heterocycles. The molecule has 0 saturated heterocycles. The van der Waals surface area contributed by atoms with Crippen LogP contribution in [0.2, 0.25) is 0 Å². The molecular formula is C36H30BrFN2O5S. The maximum atomic E-state index is 14.4. The molecule has 0 aliphatic carbocycles. The van der Waals surface area contributed by atoms with E-state index < -0.39 is 12.0 Å². The van der Waals surface area contributed by atoms with Crippen LogP contribution in [-0.2, 0) is 16.1 Å². The van der Waals surface area contributed by atoms with E-state index in [0.29, 0.717) is 43.2 Å². The van der Waals surface area contributed by atoms with Crippen LogP contribution in [0.1, 0.15) is 43.5 Å². The SMILES string of the molecule is COc1ccc(Br)cc1[C@H]1C(C(=O)OC(C)C)=C(C)N=c2s/c(=C\c3c(OCc4ccccc4F)ccc4ccccc34)c(=O)n21. The van der Waals surface area contributed by atoms with Gasteiger partial charge >= 0.3 is 5.97 Å². The van der Waals surface area contributed by atoms with Crippen molar-refractivity contribution in [2.75, 3.05) is 7.11 Å². The molecular weight excluding hydrogens is 671 g/mol. The number of ether oxygens (including phenoxy) is 3. The first-order valence-corrected chi connectivity index (χ1v) is 16.2. The first-order chi connectivity index (χ1) is 22.2. The number of nitrogens with zero attached hydrogens (tertiary/aromatic N) is 2. The van der Waals surface area contributed by atoms with Crippen molar-refractivity contribution in [3.05, 3.63) is 137 Å². The smallest absolute Gasteiger partial charge is 0.338 e. The lowest BCUT2D eigenvalue weighted by atomic mass is 9.95. The third kappa shape index (κ3) is 6.02. The third-order valence-corrected chi connectivity index (χ3v) is 9.09. The van der Waals surface area contributed by atoms with E-state index >= 15 is 0 Å². The fourth-order valence-electron chi connectivity index (χ4n) is 5.53. The number of fused-ring (bicyclic) bond motifs is 2. The summed E-state index contributed by atoms with van der Waals surface area (Å²) in [5.41, 5.74) is 2.05. The molecule has 0 bridgehead atoms. The van der Waals surface area contributed by atoms with Gasteiger partial charge in [0.25, 0.3) is 5.56 Å². The second-order valence-corrected chi connectivity index (χ2v) is 12.9. The minimum atomic E-state index is -0.860. The molecule has 1 aliphatic rings. The zero-order valence-corrected chi connectivity index (χ0v) is 27.9. The Hall–Kier alpha value is -4.54. The maximum Gasteiger partial charge on any atom is 0.338 e. The summed E-state index contributed by atoms with van der Waals surface area (Å²) < 4.78 is 34.6. The molecule has 46 heavy (non-hydrogen) atoms. The zero-order chi connectivity index (χ0) is 32.5. The highest BCUT2D eigenvalue weighted by molar-refractivity contribution is 9.10. The van der Waals surface area contributed by atoms with Gasteiger partial charge in [-0.1, -0.05) is 75.8 Å². The lowest BCUT2D eigenvalue weighted by Gasteiger charge is -2.26. The van der Waals surface area contributed by atoms with Gasteiger partial charge in [0.2, 0.25) is 0 Å². The van der Waals surface area contributed by atoms with E-state index in [4.69, 9.17) is 19.2 Å². The normalized spacial score (nSPS) is 14.8. The molecule has 0 radical (unpaired) electrons. The van der Waals surface area contributed by atoms with Gasteiger partial charge in [-0.15, -0.1) is 0 Å². The van der Waals surface area contributed by atoms with Crippen LogP contribution in [0.25, 0.3) is 16.8 Å². The molecule has 4 aromatic carbocycles. The number of halogens is 2. The molecule has 7 nitrogen and oxygen atoms in total. The number of hydrogen-bond donors (Lipinski definition) is 0. The van der Waals surface area contributed by atoms with E-state index in [1.807, 2.05) is 48.5 Å². The quantitative estimate of drug-likeness (QED) is 0.166. The third-order valence-electron chi connectivity index (χ3n) is 7.62. The molecule has 234 valence electrons. The maximum absolute atomic E-state index is 14.4. The molecule has 0 unspecified atom stereocenters. The number of aromatic nitrogens is 1. The standard InChI is InChI=1S/C36H30BrFN2O5S/c1-20(2)45-35(42)32-21(3)39-36-40(33(32)27-17-24(37)14-16-29(27)43-4)34(41)31(46-36)18-26-25-11-7-5-9-22(25)13-15-30(26)44-19-23-10-6-8-12-28(23)38/h5-18,20,33H,19H2,1-4H3/b31-18-/t33-/m0/s1. The van der Waals surface area contributed by atoms with Crippen LogP contribution in [-0.4, -0.2) is 23.8 Å². The first kappa shape index (κ1) is 31.4. The highest BCUT2D eigenvalue weighted by Gasteiger charge is 2.35. The van der Waals surface area contributed by atoms with Gasteiger partial charge < -0.3 is 14.2 Å². The fraction of sp³-hybridized carbons (Fsp3) is 0.194. The van der Waals surface area contributed by atoms with Crippen LogP contribution in [0.5, 0.6) is 11.5 Å². The van der Waals surface area contributed by atoms with E-state index in [1.165, 1.54) is 22.0 Å². The van der Waals surface area contributed by atoms with Gasteiger partial charge in [-0.05, 0) is 68.0 Å². The predicted octanol–water partition coefficient (Wildman–Crippen LogP) is 6.83. The molecule has 6 rings (SSSR count). The number of benzene rings is 4. The summed E-state index contributed by atoms with van der Waals surface area (Å²) in [6.45, 7) is 5.29. The van der Waals surface area contributed by atoms with Gasteiger partial charge in [-0.3, -0.25) is 9.36 Å². The number of rotatable bonds is 8. The van der Waals surface area contributed by atoms with Crippen molar-refractivity contribution >= 4 is 50.1 Å². The summed E-state index contributed by atoms with van der Waals surface area (Å²) >= 11 is 4.75. The van der Waals surface area contributed by atoms with Crippen molar-refractivity contribution in [2.24, 2.45) is 4.99 Å². The minimum absolute atomic E-state index is 0.0102. The predicted molar refractivity (Wildman–Crippen MR) is 180 cm³/mol. The van der Waals surface area contributed by atoms with Crippen molar-refractivity contribution < 1.29 is 23.4 Å². The number of carbonyl (C=O) groups is 1. The van der Waals surface area contributed by atoms with Crippen LogP contribution in [0.15, 0.2) is 104 Å². The Morgan fingerprint density at radius 2 is 1.80 bits per heavy atom. The number of hydrogen-bond acceptors (Lipinski definition) is 7. The molecule has 0 N–H and O–H groups in total. The van der Waals surface area contributed by atoms with Gasteiger partial charge in [0, 0.05) is 21.2 Å². The second kappa shape index (κ2) is 13.1. The van der Waals surface area contributed by atoms with Crippen LogP contribution in [0.4, 0.5) is 4.39 Å². The Morgan fingerprint density at radius 1 is 1.07 bits per heavy atom. The highest BCUT2D eigenvalue weighted by Crippen LogP contribution is 2.37. The minimum Gasteiger partial charge on any atom is -0.496 e. The molecule has 2 heterocycles. The Kier molecular flexibility index (Phi) is 8.93. The second-order valence-electron chi connectivity index (χ2n) is 11.0. The van der Waals surface area contributed by atoms with Gasteiger partial charge in [0.1, 0.15) is 30.0 Å². The van der Waals surface area contributed by atoms with E-state index in [9.17, 15) is 14.0 Å². The van der Waals surface area contributed by atoms with Crippen molar-refractivity contribution in [3.8, 4) is 11.5 Å². The summed E-state index contributed by atoms with van der Waals surface area (Å²) in [4.78, 5) is 33.1. The van der Waals surface area contributed by atoms with Crippen molar-refractivity contribution in [3.63, 3.8) is 0 Å². The van der Waals surface area contributed by atoms with E-state index in [0.717, 1.165) is 15.2 Å². The Balaban J connectivity index is 1.56. The summed E-state index contributed by atoms with van der Waals surface area (Å²) in [6, 6.07) is 22.6. The average molecular weight is 702 g/mol. The Morgan fingerprint density at radius 3 is 2.57 bits per heavy atom. The molecule has 10 heteroatoms. The van der Waals surface area contributed by atoms with Crippen LogP contribution >= 0.6 is 27.3 Å². The van der Waals surface area contributed by atoms with E-state index in [-0.39, 0.29) is 29.7 Å². The monoisotopic (exact) mass is 700 g/mol. The van der Waals surface area contributed by atoms with Gasteiger partial charge in [-0.2, -0.15) is 0 Å². The summed E-state index contributed by atoms with van der Waals surface area (Å²) in [6.07, 6.45) is 1.40. The number of allylic oxidation sites excluding steroid dienone is 1. The van der Waals surface area contributed by atoms with Gasteiger partial charge in [-0.25, -0.2) is 14.2 Å². The summed E-state index contributed by atoms with van der Waals surface area (Å²) in [5, 5.41) is 1.81. The topological polar surface area (TPSA) is 79.1 Å². The average Bonchev–Trinajstić information content (AvgIpc) is 3.34. The zero-order valence-electron chi connectivity index (χ0n) is 25.5. The van der Waals surface area contributed by atoms with Crippen LogP contribution in [0.3, 0.4) is 0 Å². The Labute approximate surface area is 277 Å². The number of carbonyl (C=O) groups excluding carboxylic acids is 1. The van der Waals surface area contributed by atoms with Gasteiger partial charge in [0.05, 0.1) is 29.0 Å². The Bertz CT molecular complexity index is 2200. The lowest BCUT2D eigenvalue weighted by molar-refractivity contribution is -0.143. The molecule has 0 spiro atoms. The first-order valence-electron chi connectivity index (χ1n) is 14.6. The molecule has 0 amide bonds. The summed E-state index contributed by atoms with van der Waals surface area (Å²) in [7, 11) is 1.54. The van der Waals surface area contributed by atoms with Crippen molar-refractivity contribution in [1.82, 2.24) is 4.57 Å². The largest absolute Gasteiger partial charge is 0.496 e. The number of methoxy groups -OCH3 is 1. The van der Waals surface area contributed by atoms with E-state index in [1.54, 1.807) is 58.2 Å². The number of esters is 1. The number of thiazole rings is 1. The van der Waals surface area contributed by atoms with Crippen molar-refractivity contribution in [1.29, 1.82) is 0 Å². The summed E-state index contributed by atoms with van der Waals surface area (Å²) in [5.74, 6) is 0.0827. The molecule has 1 aromatic heterocycles. The molecule has 5 aromatic rings. The lowest BCUT2D eigenvalue weighted by Crippen LogP contribution is -2.40. The van der Waals surface area contributed by atoms with Gasteiger partial charge in [0.15, 0.2) is 4.80 Å². The highest BCUT2D eigenvalue weighted by atomic mass is 79.9. The van der Waals surface area contributed by atoms with E-state index in [2.05, 4.69) is 15.9 Å². The fourth-order valence-corrected chi connectivity index (χ4v) is 6.93. The van der Waals surface area contributed by atoms with Crippen molar-refractivity contribution in [2.45, 2.75) is 39.5 Å².